The minimum absolute atomic E-state index is 0.179. The number of carbonyl (C=O) groups is 1. The first kappa shape index (κ1) is 17.6. The molecule has 132 valence electrons. The van der Waals surface area contributed by atoms with Crippen LogP contribution in [0.15, 0.2) is 53.4 Å². The first-order chi connectivity index (χ1) is 12.0. The summed E-state index contributed by atoms with van der Waals surface area (Å²) >= 11 is 0. The van der Waals surface area contributed by atoms with Crippen molar-refractivity contribution in [3.8, 4) is 0 Å². The maximum Gasteiger partial charge on any atom is 0.255 e. The van der Waals surface area contributed by atoms with Crippen LogP contribution in [0, 0.1) is 6.92 Å². The van der Waals surface area contributed by atoms with Crippen molar-refractivity contribution >= 4 is 21.6 Å². The van der Waals surface area contributed by atoms with Crippen molar-refractivity contribution in [2.45, 2.75) is 31.1 Å². The van der Waals surface area contributed by atoms with E-state index in [1.165, 1.54) is 10.4 Å². The minimum atomic E-state index is -3.55. The number of anilines is 1. The van der Waals surface area contributed by atoms with Crippen LogP contribution in [0.4, 0.5) is 5.69 Å². The lowest BCUT2D eigenvalue weighted by atomic mass is 10.1. The molecule has 6 heteroatoms. The van der Waals surface area contributed by atoms with E-state index in [4.69, 9.17) is 0 Å². The highest BCUT2D eigenvalue weighted by atomic mass is 32.2. The Balaban J connectivity index is 1.88. The van der Waals surface area contributed by atoms with E-state index in [1.54, 1.807) is 31.2 Å². The van der Waals surface area contributed by atoms with Crippen molar-refractivity contribution in [3.63, 3.8) is 0 Å². The summed E-state index contributed by atoms with van der Waals surface area (Å²) in [4.78, 5) is 12.7. The van der Waals surface area contributed by atoms with Gasteiger partial charge in [0.25, 0.3) is 5.91 Å². The van der Waals surface area contributed by atoms with Crippen molar-refractivity contribution in [3.05, 3.63) is 59.7 Å². The van der Waals surface area contributed by atoms with E-state index in [1.807, 2.05) is 18.2 Å². The van der Waals surface area contributed by atoms with Crippen molar-refractivity contribution < 1.29 is 13.2 Å². The van der Waals surface area contributed by atoms with Gasteiger partial charge in [-0.25, -0.2) is 8.42 Å². The lowest BCUT2D eigenvalue weighted by Crippen LogP contribution is -2.35. The van der Waals surface area contributed by atoms with Gasteiger partial charge < -0.3 is 5.32 Å². The quantitative estimate of drug-likeness (QED) is 0.911. The van der Waals surface area contributed by atoms with E-state index in [9.17, 15) is 13.2 Å². The number of hydrogen-bond donors (Lipinski definition) is 1. The van der Waals surface area contributed by atoms with Gasteiger partial charge in [-0.05, 0) is 49.6 Å². The number of benzene rings is 2. The average molecular weight is 358 g/mol. The summed E-state index contributed by atoms with van der Waals surface area (Å²) < 4.78 is 27.2. The summed E-state index contributed by atoms with van der Waals surface area (Å²) in [5.41, 5.74) is 1.80. The van der Waals surface area contributed by atoms with Gasteiger partial charge >= 0.3 is 0 Å². The second kappa shape index (κ2) is 7.37. The van der Waals surface area contributed by atoms with Crippen LogP contribution in [-0.2, 0) is 10.0 Å². The average Bonchev–Trinajstić information content (AvgIpc) is 2.63. The van der Waals surface area contributed by atoms with Crippen LogP contribution in [-0.4, -0.2) is 31.7 Å². The molecule has 1 aliphatic heterocycles. The third kappa shape index (κ3) is 3.91. The van der Waals surface area contributed by atoms with Gasteiger partial charge in [0.05, 0.1) is 4.90 Å². The highest BCUT2D eigenvalue weighted by molar-refractivity contribution is 7.89. The van der Waals surface area contributed by atoms with E-state index < -0.39 is 10.0 Å². The number of carbonyl (C=O) groups excluding carboxylic acids is 1. The van der Waals surface area contributed by atoms with Crippen molar-refractivity contribution in [2.24, 2.45) is 0 Å². The Morgan fingerprint density at radius 2 is 1.68 bits per heavy atom. The highest BCUT2D eigenvalue weighted by Gasteiger charge is 2.27. The predicted octanol–water partition coefficient (Wildman–Crippen LogP) is 3.42. The normalized spacial score (nSPS) is 15.7. The third-order valence-electron chi connectivity index (χ3n) is 4.44. The zero-order chi connectivity index (χ0) is 17.9. The molecular weight excluding hydrogens is 336 g/mol. The van der Waals surface area contributed by atoms with Crippen LogP contribution in [0.5, 0.6) is 0 Å². The number of sulfonamides is 1. The van der Waals surface area contributed by atoms with E-state index in [2.05, 4.69) is 5.32 Å². The van der Waals surface area contributed by atoms with Gasteiger partial charge in [0.2, 0.25) is 10.0 Å². The minimum Gasteiger partial charge on any atom is -0.322 e. The number of rotatable bonds is 4. The van der Waals surface area contributed by atoms with Crippen LogP contribution in [0.2, 0.25) is 0 Å². The number of nitrogens with one attached hydrogen (secondary N) is 1. The molecule has 1 N–H and O–H groups in total. The molecule has 2 aromatic carbocycles. The molecule has 0 radical (unpaired) electrons. The number of piperidine rings is 1. The zero-order valence-electron chi connectivity index (χ0n) is 14.2. The Hall–Kier alpha value is -2.18. The van der Waals surface area contributed by atoms with E-state index >= 15 is 0 Å². The zero-order valence-corrected chi connectivity index (χ0v) is 15.1. The molecule has 2 aromatic rings. The summed E-state index contributed by atoms with van der Waals surface area (Å²) in [7, 11) is -3.55. The predicted molar refractivity (Wildman–Crippen MR) is 98.2 cm³/mol. The Bertz CT molecular complexity index is 857. The Morgan fingerprint density at radius 3 is 2.36 bits per heavy atom. The molecule has 25 heavy (non-hydrogen) atoms. The molecule has 0 atom stereocenters. The fourth-order valence-corrected chi connectivity index (χ4v) is 4.52. The number of para-hydroxylation sites is 1. The molecule has 1 saturated heterocycles. The summed E-state index contributed by atoms with van der Waals surface area (Å²) in [5, 5.41) is 2.81. The van der Waals surface area contributed by atoms with Crippen LogP contribution in [0.3, 0.4) is 0 Å². The SMILES string of the molecule is Cc1ccc(S(=O)(=O)N2CCCCC2)cc1C(=O)Nc1ccccc1. The Kier molecular flexibility index (Phi) is 5.20. The molecule has 0 saturated carbocycles. The van der Waals surface area contributed by atoms with E-state index in [0.717, 1.165) is 24.8 Å². The van der Waals surface area contributed by atoms with Gasteiger partial charge in [0.1, 0.15) is 0 Å². The monoisotopic (exact) mass is 358 g/mol. The molecule has 1 amide bonds. The Morgan fingerprint density at radius 1 is 1.00 bits per heavy atom. The number of hydrogen-bond acceptors (Lipinski definition) is 3. The molecule has 1 heterocycles. The van der Waals surface area contributed by atoms with E-state index in [-0.39, 0.29) is 10.8 Å². The summed E-state index contributed by atoms with van der Waals surface area (Å²) in [6, 6.07) is 13.9. The van der Waals surface area contributed by atoms with Crippen molar-refractivity contribution in [1.29, 1.82) is 0 Å². The molecule has 5 nitrogen and oxygen atoms in total. The maximum absolute atomic E-state index is 12.8. The first-order valence-corrected chi connectivity index (χ1v) is 9.90. The molecule has 3 rings (SSSR count). The maximum atomic E-state index is 12.8. The standard InChI is InChI=1S/C19H22N2O3S/c1-15-10-11-17(25(23,24)21-12-6-3-7-13-21)14-18(15)19(22)20-16-8-4-2-5-9-16/h2,4-5,8-11,14H,3,6-7,12-13H2,1H3,(H,20,22). The Labute approximate surface area is 148 Å². The topological polar surface area (TPSA) is 66.5 Å². The molecule has 0 bridgehead atoms. The van der Waals surface area contributed by atoms with Crippen molar-refractivity contribution in [1.82, 2.24) is 4.31 Å². The van der Waals surface area contributed by atoms with Crippen LogP contribution >= 0.6 is 0 Å². The first-order valence-electron chi connectivity index (χ1n) is 8.46. The van der Waals surface area contributed by atoms with Crippen LogP contribution in [0.25, 0.3) is 0 Å². The second-order valence-electron chi connectivity index (χ2n) is 6.26. The summed E-state index contributed by atoms with van der Waals surface area (Å²) in [6.45, 7) is 2.89. The van der Waals surface area contributed by atoms with Crippen LogP contribution in [0.1, 0.15) is 35.2 Å². The van der Waals surface area contributed by atoms with Gasteiger partial charge in [0, 0.05) is 24.3 Å². The third-order valence-corrected chi connectivity index (χ3v) is 6.33. The summed E-state index contributed by atoms with van der Waals surface area (Å²) in [5.74, 6) is -0.306. The van der Waals surface area contributed by atoms with Crippen LogP contribution < -0.4 is 5.32 Å². The van der Waals surface area contributed by atoms with E-state index in [0.29, 0.717) is 24.3 Å². The molecule has 0 aromatic heterocycles. The molecule has 0 aliphatic carbocycles. The summed E-state index contributed by atoms with van der Waals surface area (Å²) in [6.07, 6.45) is 2.82. The van der Waals surface area contributed by atoms with Crippen molar-refractivity contribution in [2.75, 3.05) is 18.4 Å². The fourth-order valence-electron chi connectivity index (χ4n) is 2.98. The van der Waals surface area contributed by atoms with Gasteiger partial charge in [-0.1, -0.05) is 30.7 Å². The smallest absolute Gasteiger partial charge is 0.255 e. The molecular formula is C19H22N2O3S. The lowest BCUT2D eigenvalue weighted by molar-refractivity contribution is 0.102. The molecule has 1 fully saturated rings. The largest absolute Gasteiger partial charge is 0.322 e. The number of nitrogens with zero attached hydrogens (tertiary/aromatic N) is 1. The van der Waals surface area contributed by atoms with Gasteiger partial charge in [-0.2, -0.15) is 4.31 Å². The van der Waals surface area contributed by atoms with Gasteiger partial charge in [-0.3, -0.25) is 4.79 Å². The highest BCUT2D eigenvalue weighted by Crippen LogP contribution is 2.23. The molecule has 0 spiro atoms. The molecule has 0 unspecified atom stereocenters. The van der Waals surface area contributed by atoms with Gasteiger partial charge in [0.15, 0.2) is 0 Å². The second-order valence-corrected chi connectivity index (χ2v) is 8.20. The molecule has 1 aliphatic rings. The number of aryl methyl sites for hydroxylation is 1. The lowest BCUT2D eigenvalue weighted by Gasteiger charge is -2.26. The fraction of sp³-hybridized carbons (Fsp3) is 0.316. The number of amides is 1. The van der Waals surface area contributed by atoms with Gasteiger partial charge in [-0.15, -0.1) is 0 Å².